The number of para-hydroxylation sites is 1. The van der Waals surface area contributed by atoms with Gasteiger partial charge in [0.15, 0.2) is 0 Å². The third-order valence-electron chi connectivity index (χ3n) is 8.07. The average molecular weight is 482 g/mol. The highest BCUT2D eigenvalue weighted by Crippen LogP contribution is 2.43. The van der Waals surface area contributed by atoms with E-state index in [2.05, 4.69) is 34.5 Å². The number of aliphatic hydroxyl groups excluding tert-OH is 1. The van der Waals surface area contributed by atoms with Crippen molar-refractivity contribution in [2.45, 2.75) is 37.2 Å². The molecule has 2 aromatic carbocycles. The molecule has 3 aliphatic rings. The van der Waals surface area contributed by atoms with Crippen molar-refractivity contribution < 1.29 is 18.7 Å². The summed E-state index contributed by atoms with van der Waals surface area (Å²) < 4.78 is 26.7. The Morgan fingerprint density at radius 1 is 1.09 bits per heavy atom. The predicted octanol–water partition coefficient (Wildman–Crippen LogP) is 4.04. The molecule has 0 radical (unpaired) electrons. The molecule has 5 nitrogen and oxygen atoms in total. The second-order valence-electron chi connectivity index (χ2n) is 10.2. The van der Waals surface area contributed by atoms with Gasteiger partial charge in [-0.3, -0.25) is 4.79 Å². The second-order valence-corrected chi connectivity index (χ2v) is 10.2. The van der Waals surface area contributed by atoms with Gasteiger partial charge in [-0.25, -0.2) is 8.78 Å². The molecule has 2 saturated heterocycles. The van der Waals surface area contributed by atoms with Gasteiger partial charge in [0.25, 0.3) is 0 Å². The monoisotopic (exact) mass is 481 g/mol. The van der Waals surface area contributed by atoms with Gasteiger partial charge in [-0.15, -0.1) is 0 Å². The third-order valence-corrected chi connectivity index (χ3v) is 8.07. The van der Waals surface area contributed by atoms with Crippen LogP contribution in [-0.4, -0.2) is 66.2 Å². The molecule has 3 heterocycles. The number of aliphatic hydroxyl groups is 1. The Hall–Kier alpha value is -2.77. The number of β-amino-alcohol motifs (C(OH)–C–C–N with tert-alkyl or cyclic N) is 1. The summed E-state index contributed by atoms with van der Waals surface area (Å²) in [4.78, 5) is 16.6. The highest BCUT2D eigenvalue weighted by molar-refractivity contribution is 5.91. The fourth-order valence-corrected chi connectivity index (χ4v) is 5.93. The molecule has 7 heteroatoms. The largest absolute Gasteiger partial charge is 0.392 e. The maximum atomic E-state index is 13.3. The van der Waals surface area contributed by atoms with E-state index in [0.29, 0.717) is 25.2 Å². The summed E-state index contributed by atoms with van der Waals surface area (Å²) in [5.41, 5.74) is 3.24. The Morgan fingerprint density at radius 2 is 1.77 bits per heavy atom. The first kappa shape index (κ1) is 23.9. The number of hydrogen-bond acceptors (Lipinski definition) is 4. The van der Waals surface area contributed by atoms with Gasteiger partial charge in [0, 0.05) is 49.4 Å². The van der Waals surface area contributed by atoms with Crippen LogP contribution in [0.25, 0.3) is 6.08 Å². The molecule has 2 fully saturated rings. The van der Waals surface area contributed by atoms with E-state index in [1.165, 1.54) is 35.5 Å². The number of piperidine rings is 2. The quantitative estimate of drug-likeness (QED) is 0.633. The molecule has 2 N–H and O–H groups in total. The number of carbonyl (C=O) groups is 1. The van der Waals surface area contributed by atoms with Crippen LogP contribution in [0.5, 0.6) is 0 Å². The van der Waals surface area contributed by atoms with Gasteiger partial charge in [-0.05, 0) is 80.1 Å². The normalized spacial score (nSPS) is 21.3. The van der Waals surface area contributed by atoms with Crippen LogP contribution in [0, 0.1) is 17.6 Å². The minimum absolute atomic E-state index is 0.171. The van der Waals surface area contributed by atoms with Crippen molar-refractivity contribution in [1.82, 2.24) is 9.80 Å². The summed E-state index contributed by atoms with van der Waals surface area (Å²) in [6.07, 6.45) is 6.10. The molecule has 0 unspecified atom stereocenters. The van der Waals surface area contributed by atoms with Crippen molar-refractivity contribution in [2.75, 3.05) is 44.6 Å². The summed E-state index contributed by atoms with van der Waals surface area (Å²) in [6.45, 7) is 4.79. The van der Waals surface area contributed by atoms with Crippen LogP contribution in [0.15, 0.2) is 48.5 Å². The number of anilines is 1. The Morgan fingerprint density at radius 3 is 2.49 bits per heavy atom. The van der Waals surface area contributed by atoms with Gasteiger partial charge in [0.05, 0.1) is 6.10 Å². The fraction of sp³-hybridized carbons (Fsp3) is 0.464. The van der Waals surface area contributed by atoms with Crippen molar-refractivity contribution in [1.29, 1.82) is 0 Å². The molecule has 35 heavy (non-hydrogen) atoms. The zero-order valence-corrected chi connectivity index (χ0v) is 19.9. The summed E-state index contributed by atoms with van der Waals surface area (Å²) in [5, 5.41) is 14.5. The molecule has 2 aromatic rings. The molecule has 0 bridgehead atoms. The first-order chi connectivity index (χ1) is 16.9. The van der Waals surface area contributed by atoms with Gasteiger partial charge in [0.2, 0.25) is 5.91 Å². The number of nitrogens with one attached hydrogen (secondary N) is 1. The topological polar surface area (TPSA) is 55.8 Å². The number of amides is 1. The number of carbonyl (C=O) groups excluding carboxylic acids is 1. The van der Waals surface area contributed by atoms with E-state index in [4.69, 9.17) is 0 Å². The maximum absolute atomic E-state index is 13.3. The van der Waals surface area contributed by atoms with E-state index in [1.54, 1.807) is 4.90 Å². The smallest absolute Gasteiger partial charge is 0.246 e. The number of benzene rings is 2. The van der Waals surface area contributed by atoms with E-state index in [1.807, 2.05) is 0 Å². The highest BCUT2D eigenvalue weighted by atomic mass is 19.1. The summed E-state index contributed by atoms with van der Waals surface area (Å²) >= 11 is 0. The van der Waals surface area contributed by atoms with Gasteiger partial charge >= 0.3 is 0 Å². The number of rotatable bonds is 5. The Kier molecular flexibility index (Phi) is 6.89. The van der Waals surface area contributed by atoms with Gasteiger partial charge in [-0.2, -0.15) is 0 Å². The number of fused-ring (bicyclic) bond motifs is 2. The molecule has 1 amide bonds. The van der Waals surface area contributed by atoms with Crippen molar-refractivity contribution in [3.8, 4) is 0 Å². The Labute approximate surface area is 205 Å². The first-order valence-electron chi connectivity index (χ1n) is 12.6. The fourth-order valence-electron chi connectivity index (χ4n) is 5.93. The Balaban J connectivity index is 1.08. The molecule has 0 saturated carbocycles. The lowest BCUT2D eigenvalue weighted by Crippen LogP contribution is -2.48. The van der Waals surface area contributed by atoms with E-state index in [0.717, 1.165) is 51.4 Å². The minimum Gasteiger partial charge on any atom is -0.392 e. The number of likely N-dealkylation sites (tertiary alicyclic amines) is 2. The average Bonchev–Trinajstić information content (AvgIpc) is 3.22. The van der Waals surface area contributed by atoms with Crippen LogP contribution in [0.4, 0.5) is 14.5 Å². The molecule has 1 atom stereocenters. The summed E-state index contributed by atoms with van der Waals surface area (Å²) in [5.74, 6) is -1.33. The van der Waals surface area contributed by atoms with Crippen LogP contribution in [0.1, 0.15) is 36.8 Å². The number of nitrogens with zero attached hydrogens (tertiary/aromatic N) is 2. The molecule has 186 valence electrons. The maximum Gasteiger partial charge on any atom is 0.246 e. The zero-order chi connectivity index (χ0) is 24.4. The lowest BCUT2D eigenvalue weighted by atomic mass is 9.74. The highest BCUT2D eigenvalue weighted by Gasteiger charge is 2.41. The van der Waals surface area contributed by atoms with Crippen molar-refractivity contribution in [3.63, 3.8) is 0 Å². The van der Waals surface area contributed by atoms with E-state index < -0.39 is 17.7 Å². The summed E-state index contributed by atoms with van der Waals surface area (Å²) in [7, 11) is 0. The third kappa shape index (κ3) is 5.26. The van der Waals surface area contributed by atoms with Gasteiger partial charge < -0.3 is 20.2 Å². The standard InChI is InChI=1S/C28H33F2N3O2/c29-22-15-20(16-23(30)17-22)5-6-27(35)33-11-7-21(8-12-33)26(34)18-32-13-9-28(10-14-32)19-31-25-4-2-1-3-24(25)28/h1-6,15-17,21,26,31,34H,7-14,18-19H2/b6-5+/t26-/m1/s1. The minimum atomic E-state index is -0.666. The van der Waals surface area contributed by atoms with E-state index >= 15 is 0 Å². The van der Waals surface area contributed by atoms with Gasteiger partial charge in [-0.1, -0.05) is 18.2 Å². The molecular weight excluding hydrogens is 448 g/mol. The molecule has 1 spiro atoms. The number of halogens is 2. The SMILES string of the molecule is O=C(/C=C/c1cc(F)cc(F)c1)N1CCC([C@H](O)CN2CCC3(CC2)CNc2ccccc23)CC1. The van der Waals surface area contributed by atoms with Crippen molar-refractivity contribution >= 4 is 17.7 Å². The van der Waals surface area contributed by atoms with Crippen LogP contribution < -0.4 is 5.32 Å². The van der Waals surface area contributed by atoms with E-state index in [-0.39, 0.29) is 17.2 Å². The summed E-state index contributed by atoms with van der Waals surface area (Å²) in [6, 6.07) is 11.8. The predicted molar refractivity (Wildman–Crippen MR) is 133 cm³/mol. The van der Waals surface area contributed by atoms with Crippen molar-refractivity contribution in [3.05, 3.63) is 71.3 Å². The lowest BCUT2D eigenvalue weighted by Gasteiger charge is -2.41. The van der Waals surface area contributed by atoms with Crippen LogP contribution >= 0.6 is 0 Å². The van der Waals surface area contributed by atoms with Crippen molar-refractivity contribution in [2.24, 2.45) is 5.92 Å². The molecule has 5 rings (SSSR count). The number of hydrogen-bond donors (Lipinski definition) is 2. The zero-order valence-electron chi connectivity index (χ0n) is 19.9. The second kappa shape index (κ2) is 10.1. The van der Waals surface area contributed by atoms with E-state index in [9.17, 15) is 18.7 Å². The molecular formula is C28H33F2N3O2. The lowest BCUT2D eigenvalue weighted by molar-refractivity contribution is -0.128. The van der Waals surface area contributed by atoms with Crippen LogP contribution in [-0.2, 0) is 10.2 Å². The molecule has 3 aliphatic heterocycles. The first-order valence-corrected chi connectivity index (χ1v) is 12.6. The van der Waals surface area contributed by atoms with Crippen LogP contribution in [0.2, 0.25) is 0 Å². The van der Waals surface area contributed by atoms with Gasteiger partial charge in [0.1, 0.15) is 11.6 Å². The Bertz CT molecular complexity index is 1070. The molecule has 0 aromatic heterocycles. The van der Waals surface area contributed by atoms with Crippen LogP contribution in [0.3, 0.4) is 0 Å². The molecule has 0 aliphatic carbocycles.